The monoisotopic (exact) mass is 494 g/mol. The quantitative estimate of drug-likeness (QED) is 0.482. The van der Waals surface area contributed by atoms with Crippen molar-refractivity contribution < 1.29 is 29.6 Å². The summed E-state index contributed by atoms with van der Waals surface area (Å²) in [4.78, 5) is 13.1. The second kappa shape index (κ2) is 9.89. The van der Waals surface area contributed by atoms with E-state index in [-0.39, 0.29) is 46.6 Å². The minimum Gasteiger partial charge on any atom is -0.465 e. The van der Waals surface area contributed by atoms with Gasteiger partial charge in [-0.3, -0.25) is 4.79 Å². The van der Waals surface area contributed by atoms with E-state index < -0.39 is 18.3 Å². The fraction of sp³-hybridized carbons (Fsp3) is 0.966. The molecule has 3 saturated carbocycles. The van der Waals surface area contributed by atoms with Gasteiger partial charge in [-0.05, 0) is 90.8 Å². The molecule has 6 nitrogen and oxygen atoms in total. The lowest BCUT2D eigenvalue weighted by Gasteiger charge is -2.56. The summed E-state index contributed by atoms with van der Waals surface area (Å²) in [5, 5.41) is 32.1. The van der Waals surface area contributed by atoms with Crippen LogP contribution in [0.4, 0.5) is 0 Å². The molecule has 0 bridgehead atoms. The SMILES string of the molecule is CO[C@H]([C@@H](C)[C@H]1CC[C@H]2[C@@H]3COC(=O)[C@H]4C[C@H](O)[C@H](O)C[C@]4(C)[C@H]3CC[C@]12C)[C@H](O)[C@@H](C)C(C)C. The summed E-state index contributed by atoms with van der Waals surface area (Å²) in [5.74, 6) is 1.69. The Bertz CT molecular complexity index is 770. The molecule has 0 amide bonds. The van der Waals surface area contributed by atoms with E-state index in [1.807, 2.05) is 0 Å². The zero-order valence-corrected chi connectivity index (χ0v) is 22.9. The van der Waals surface area contributed by atoms with Gasteiger partial charge in [0.05, 0.1) is 36.9 Å². The first kappa shape index (κ1) is 27.3. The number of hydrogen-bond donors (Lipinski definition) is 3. The van der Waals surface area contributed by atoms with Crippen LogP contribution in [0.25, 0.3) is 0 Å². The second-order valence-corrected chi connectivity index (χ2v) is 13.5. The molecule has 0 aromatic carbocycles. The Hall–Kier alpha value is -0.690. The molecule has 1 saturated heterocycles. The van der Waals surface area contributed by atoms with E-state index in [0.717, 1.165) is 25.7 Å². The van der Waals surface area contributed by atoms with Crippen molar-refractivity contribution in [2.45, 2.75) is 104 Å². The Morgan fingerprint density at radius 1 is 1.00 bits per heavy atom. The highest BCUT2D eigenvalue weighted by Crippen LogP contribution is 2.66. The Kier molecular flexibility index (Phi) is 7.72. The standard InChI is InChI=1S/C29H50O6/c1-15(2)16(3)25(32)26(34-7)17(4)19-8-9-20-18-14-35-27(33)22-12-23(30)24(31)13-29(22,6)21(18)10-11-28(19,20)5/h15-26,30-32H,8-14H2,1-7H3/t16-,17-,18-,19+,20-,21-,22+,23-,24+,25+,26+,28+,29+/m0/s1. The number of ether oxygens (including phenoxy) is 2. The van der Waals surface area contributed by atoms with Gasteiger partial charge < -0.3 is 24.8 Å². The van der Waals surface area contributed by atoms with E-state index in [0.29, 0.717) is 43.1 Å². The number of carbonyl (C=O) groups excluding carboxylic acids is 1. The Balaban J connectivity index is 1.59. The fourth-order valence-electron chi connectivity index (χ4n) is 9.28. The summed E-state index contributed by atoms with van der Waals surface area (Å²) < 4.78 is 11.9. The summed E-state index contributed by atoms with van der Waals surface area (Å²) >= 11 is 0. The van der Waals surface area contributed by atoms with Crippen molar-refractivity contribution >= 4 is 5.97 Å². The Morgan fingerprint density at radius 2 is 1.66 bits per heavy atom. The number of cyclic esters (lactones) is 1. The maximum Gasteiger partial charge on any atom is 0.309 e. The van der Waals surface area contributed by atoms with Crippen LogP contribution in [0.5, 0.6) is 0 Å². The predicted molar refractivity (Wildman–Crippen MR) is 134 cm³/mol. The maximum absolute atomic E-state index is 13.1. The highest BCUT2D eigenvalue weighted by Gasteiger charge is 2.63. The van der Waals surface area contributed by atoms with Crippen LogP contribution in [0.1, 0.15) is 80.1 Å². The van der Waals surface area contributed by atoms with Crippen LogP contribution in [-0.4, -0.2) is 59.4 Å². The third-order valence-corrected chi connectivity index (χ3v) is 11.8. The van der Waals surface area contributed by atoms with Crippen molar-refractivity contribution in [1.29, 1.82) is 0 Å². The largest absolute Gasteiger partial charge is 0.465 e. The van der Waals surface area contributed by atoms with Gasteiger partial charge in [0.2, 0.25) is 0 Å². The Labute approximate surface area is 212 Å². The molecular formula is C29H50O6. The van der Waals surface area contributed by atoms with E-state index in [9.17, 15) is 20.1 Å². The molecule has 0 aromatic rings. The van der Waals surface area contributed by atoms with Crippen molar-refractivity contribution in [2.75, 3.05) is 13.7 Å². The van der Waals surface area contributed by atoms with Crippen LogP contribution < -0.4 is 0 Å². The molecule has 0 unspecified atom stereocenters. The number of rotatable bonds is 6. The lowest BCUT2D eigenvalue weighted by atomic mass is 9.48. The number of methoxy groups -OCH3 is 1. The molecule has 0 spiro atoms. The molecule has 0 aromatic heterocycles. The highest BCUT2D eigenvalue weighted by molar-refractivity contribution is 5.74. The van der Waals surface area contributed by atoms with Gasteiger partial charge in [0.25, 0.3) is 0 Å². The first-order valence-corrected chi connectivity index (χ1v) is 14.1. The molecular weight excluding hydrogens is 444 g/mol. The summed E-state index contributed by atoms with van der Waals surface area (Å²) in [7, 11) is 1.73. The van der Waals surface area contributed by atoms with Crippen molar-refractivity contribution in [2.24, 2.45) is 58.2 Å². The fourth-order valence-corrected chi connectivity index (χ4v) is 9.28. The number of esters is 1. The van der Waals surface area contributed by atoms with Gasteiger partial charge in [-0.2, -0.15) is 0 Å². The first-order chi connectivity index (χ1) is 16.4. The smallest absolute Gasteiger partial charge is 0.309 e. The van der Waals surface area contributed by atoms with Crippen LogP contribution in [0, 0.1) is 58.2 Å². The maximum atomic E-state index is 13.1. The van der Waals surface area contributed by atoms with Gasteiger partial charge in [-0.15, -0.1) is 0 Å². The van der Waals surface area contributed by atoms with Gasteiger partial charge in [-0.1, -0.05) is 41.5 Å². The number of aliphatic hydroxyl groups excluding tert-OH is 3. The van der Waals surface area contributed by atoms with Crippen molar-refractivity contribution in [3.8, 4) is 0 Å². The van der Waals surface area contributed by atoms with Crippen LogP contribution in [0.15, 0.2) is 0 Å². The first-order valence-electron chi connectivity index (χ1n) is 14.1. The van der Waals surface area contributed by atoms with E-state index >= 15 is 0 Å². The number of aliphatic hydroxyl groups is 3. The summed E-state index contributed by atoms with van der Waals surface area (Å²) in [6, 6.07) is 0. The molecule has 4 rings (SSSR count). The average Bonchev–Trinajstić information content (AvgIpc) is 3.11. The third kappa shape index (κ3) is 4.38. The van der Waals surface area contributed by atoms with Gasteiger partial charge >= 0.3 is 5.97 Å². The second-order valence-electron chi connectivity index (χ2n) is 13.5. The number of fused-ring (bicyclic) bond motifs is 5. The van der Waals surface area contributed by atoms with E-state index in [4.69, 9.17) is 9.47 Å². The lowest BCUT2D eigenvalue weighted by molar-refractivity contribution is -0.162. The zero-order valence-electron chi connectivity index (χ0n) is 22.9. The predicted octanol–water partition coefficient (Wildman–Crippen LogP) is 4.04. The summed E-state index contributed by atoms with van der Waals surface area (Å²) in [6.07, 6.45) is 2.72. The summed E-state index contributed by atoms with van der Waals surface area (Å²) in [6.45, 7) is 13.7. The van der Waals surface area contributed by atoms with E-state index in [1.54, 1.807) is 7.11 Å². The molecule has 1 aliphatic heterocycles. The molecule has 1 heterocycles. The molecule has 3 N–H and O–H groups in total. The number of hydrogen-bond acceptors (Lipinski definition) is 6. The van der Waals surface area contributed by atoms with Crippen LogP contribution in [0.3, 0.4) is 0 Å². The molecule has 0 radical (unpaired) electrons. The van der Waals surface area contributed by atoms with Gasteiger partial charge in [-0.25, -0.2) is 0 Å². The minimum absolute atomic E-state index is 0.105. The van der Waals surface area contributed by atoms with Crippen molar-refractivity contribution in [1.82, 2.24) is 0 Å². The molecule has 3 aliphatic carbocycles. The summed E-state index contributed by atoms with van der Waals surface area (Å²) in [5.41, 5.74) is -0.243. The topological polar surface area (TPSA) is 96.2 Å². The Morgan fingerprint density at radius 3 is 2.29 bits per heavy atom. The van der Waals surface area contributed by atoms with Crippen LogP contribution >= 0.6 is 0 Å². The average molecular weight is 495 g/mol. The molecule has 4 fully saturated rings. The van der Waals surface area contributed by atoms with E-state index in [2.05, 4.69) is 41.5 Å². The molecule has 35 heavy (non-hydrogen) atoms. The van der Waals surface area contributed by atoms with Gasteiger partial charge in [0.1, 0.15) is 0 Å². The lowest BCUT2D eigenvalue weighted by Crippen LogP contribution is -2.55. The molecule has 6 heteroatoms. The molecule has 4 aliphatic rings. The van der Waals surface area contributed by atoms with Gasteiger partial charge in [0, 0.05) is 7.11 Å². The zero-order chi connectivity index (χ0) is 25.9. The van der Waals surface area contributed by atoms with Crippen molar-refractivity contribution in [3.63, 3.8) is 0 Å². The van der Waals surface area contributed by atoms with Crippen LogP contribution in [-0.2, 0) is 14.3 Å². The molecule has 202 valence electrons. The van der Waals surface area contributed by atoms with Crippen molar-refractivity contribution in [3.05, 3.63) is 0 Å². The number of carbonyl (C=O) groups is 1. The minimum atomic E-state index is -0.853. The normalized spacial score (nSPS) is 47.1. The highest BCUT2D eigenvalue weighted by atomic mass is 16.5. The van der Waals surface area contributed by atoms with Gasteiger partial charge in [0.15, 0.2) is 0 Å². The van der Waals surface area contributed by atoms with E-state index in [1.165, 1.54) is 0 Å². The molecule has 13 atom stereocenters. The third-order valence-electron chi connectivity index (χ3n) is 11.8. The van der Waals surface area contributed by atoms with Crippen LogP contribution in [0.2, 0.25) is 0 Å².